The Morgan fingerprint density at radius 2 is 2.16 bits per heavy atom. The predicted octanol–water partition coefficient (Wildman–Crippen LogP) is 2.56. The minimum atomic E-state index is -0.878. The van der Waals surface area contributed by atoms with Crippen molar-refractivity contribution in [1.82, 2.24) is 4.57 Å². The Morgan fingerprint density at radius 3 is 2.74 bits per heavy atom. The summed E-state index contributed by atoms with van der Waals surface area (Å²) in [5, 5.41) is 10.2. The number of hydrogen-bond acceptors (Lipinski definition) is 2. The van der Waals surface area contributed by atoms with Crippen LogP contribution in [0.3, 0.4) is 0 Å². The van der Waals surface area contributed by atoms with E-state index in [1.54, 1.807) is 12.1 Å². The summed E-state index contributed by atoms with van der Waals surface area (Å²) in [6, 6.07) is 5.35. The van der Waals surface area contributed by atoms with Crippen LogP contribution in [-0.2, 0) is 13.0 Å². The maximum Gasteiger partial charge on any atom is 0.335 e. The number of nitrogens with two attached hydrogens (primary N) is 1. The maximum atomic E-state index is 11.1. The number of carbonyl (C=O) groups is 1. The molecule has 4 heteroatoms. The van der Waals surface area contributed by atoms with Gasteiger partial charge in [-0.2, -0.15) is 0 Å². The summed E-state index contributed by atoms with van der Waals surface area (Å²) in [7, 11) is 0. The minimum absolute atomic E-state index is 0.346. The number of carboxylic acid groups (broad SMARTS) is 1. The van der Waals surface area contributed by atoms with Gasteiger partial charge in [-0.05, 0) is 50.1 Å². The summed E-state index contributed by atoms with van der Waals surface area (Å²) < 4.78 is 2.24. The maximum absolute atomic E-state index is 11.1. The molecule has 0 atom stereocenters. The molecular formula is C15H20N2O2. The molecule has 2 rings (SSSR count). The molecule has 1 aromatic heterocycles. The topological polar surface area (TPSA) is 68.2 Å². The number of carboxylic acids is 1. The molecule has 102 valence electrons. The van der Waals surface area contributed by atoms with E-state index in [1.165, 1.54) is 11.3 Å². The largest absolute Gasteiger partial charge is 0.478 e. The highest BCUT2D eigenvalue weighted by Crippen LogP contribution is 2.27. The molecular weight excluding hydrogens is 240 g/mol. The predicted molar refractivity (Wildman–Crippen MR) is 76.7 cm³/mol. The molecule has 0 fully saturated rings. The number of aromatic nitrogens is 1. The summed E-state index contributed by atoms with van der Waals surface area (Å²) in [6.07, 6.45) is 1.83. The van der Waals surface area contributed by atoms with Gasteiger partial charge in [-0.25, -0.2) is 4.79 Å². The van der Waals surface area contributed by atoms with Crippen LogP contribution in [0.25, 0.3) is 10.9 Å². The van der Waals surface area contributed by atoms with E-state index in [9.17, 15) is 4.79 Å². The number of benzene rings is 1. The van der Waals surface area contributed by atoms with Crippen molar-refractivity contribution >= 4 is 16.9 Å². The second-order valence-electron chi connectivity index (χ2n) is 4.75. The summed E-state index contributed by atoms with van der Waals surface area (Å²) >= 11 is 0. The molecule has 0 unspecified atom stereocenters. The van der Waals surface area contributed by atoms with Gasteiger partial charge in [-0.1, -0.05) is 6.92 Å². The van der Waals surface area contributed by atoms with Crippen molar-refractivity contribution in [2.24, 2.45) is 5.73 Å². The lowest BCUT2D eigenvalue weighted by Gasteiger charge is -2.07. The first-order chi connectivity index (χ1) is 9.10. The Hall–Kier alpha value is -1.81. The lowest BCUT2D eigenvalue weighted by atomic mass is 10.1. The van der Waals surface area contributed by atoms with Gasteiger partial charge in [0.1, 0.15) is 0 Å². The van der Waals surface area contributed by atoms with Crippen molar-refractivity contribution in [2.45, 2.75) is 33.2 Å². The standard InChI is InChI=1S/C15H20N2O2/c1-3-12-10(2)17(8-4-7-16)14-6-5-11(15(18)19)9-13(12)14/h5-6,9H,3-4,7-8,16H2,1-2H3,(H,18,19). The van der Waals surface area contributed by atoms with Gasteiger partial charge in [-0.15, -0.1) is 0 Å². The van der Waals surface area contributed by atoms with Crippen LogP contribution in [0.4, 0.5) is 0 Å². The number of fused-ring (bicyclic) bond motifs is 1. The molecule has 0 aliphatic rings. The van der Waals surface area contributed by atoms with Crippen LogP contribution in [0.1, 0.15) is 35.0 Å². The molecule has 0 bridgehead atoms. The molecule has 0 spiro atoms. The highest BCUT2D eigenvalue weighted by atomic mass is 16.4. The fourth-order valence-corrected chi connectivity index (χ4v) is 2.67. The Kier molecular flexibility index (Phi) is 3.90. The first-order valence-corrected chi connectivity index (χ1v) is 6.65. The van der Waals surface area contributed by atoms with Crippen LogP contribution in [0.5, 0.6) is 0 Å². The molecule has 2 aromatic rings. The third kappa shape index (κ3) is 2.36. The highest BCUT2D eigenvalue weighted by molar-refractivity contribution is 5.95. The SMILES string of the molecule is CCc1c(C)n(CCCN)c2ccc(C(=O)O)cc12. The van der Waals surface area contributed by atoms with Gasteiger partial charge in [-0.3, -0.25) is 0 Å². The van der Waals surface area contributed by atoms with Crippen LogP contribution in [0.15, 0.2) is 18.2 Å². The first kappa shape index (κ1) is 13.6. The average Bonchev–Trinajstić information content (AvgIpc) is 2.66. The number of nitrogens with zero attached hydrogens (tertiary/aromatic N) is 1. The van der Waals surface area contributed by atoms with Gasteiger partial charge in [0.2, 0.25) is 0 Å². The van der Waals surface area contributed by atoms with Crippen molar-refractivity contribution in [3.63, 3.8) is 0 Å². The van der Waals surface area contributed by atoms with Crippen molar-refractivity contribution in [2.75, 3.05) is 6.54 Å². The monoisotopic (exact) mass is 260 g/mol. The highest BCUT2D eigenvalue weighted by Gasteiger charge is 2.14. The summed E-state index contributed by atoms with van der Waals surface area (Å²) in [4.78, 5) is 11.1. The molecule has 1 aromatic carbocycles. The normalized spacial score (nSPS) is 11.1. The second kappa shape index (κ2) is 5.45. The minimum Gasteiger partial charge on any atom is -0.478 e. The molecule has 4 nitrogen and oxygen atoms in total. The molecule has 0 aliphatic carbocycles. The number of aryl methyl sites for hydroxylation is 2. The summed E-state index contributed by atoms with van der Waals surface area (Å²) in [5.41, 5.74) is 9.48. The van der Waals surface area contributed by atoms with E-state index < -0.39 is 5.97 Å². The summed E-state index contributed by atoms with van der Waals surface area (Å²) in [6.45, 7) is 5.73. The third-order valence-corrected chi connectivity index (χ3v) is 3.64. The zero-order chi connectivity index (χ0) is 14.0. The zero-order valence-corrected chi connectivity index (χ0v) is 11.4. The van der Waals surface area contributed by atoms with Crippen molar-refractivity contribution in [3.8, 4) is 0 Å². The molecule has 0 saturated heterocycles. The van der Waals surface area contributed by atoms with Gasteiger partial charge >= 0.3 is 5.97 Å². The molecule has 0 radical (unpaired) electrons. The van der Waals surface area contributed by atoms with E-state index >= 15 is 0 Å². The van der Waals surface area contributed by atoms with E-state index in [2.05, 4.69) is 18.4 Å². The fourth-order valence-electron chi connectivity index (χ4n) is 2.67. The van der Waals surface area contributed by atoms with Crippen LogP contribution in [0, 0.1) is 6.92 Å². The number of rotatable bonds is 5. The van der Waals surface area contributed by atoms with Crippen molar-refractivity contribution in [1.29, 1.82) is 0 Å². The van der Waals surface area contributed by atoms with Crippen LogP contribution >= 0.6 is 0 Å². The van der Waals surface area contributed by atoms with Crippen LogP contribution in [0.2, 0.25) is 0 Å². The van der Waals surface area contributed by atoms with Gasteiger partial charge in [0.25, 0.3) is 0 Å². The molecule has 0 aliphatic heterocycles. The Bertz CT molecular complexity index is 614. The van der Waals surface area contributed by atoms with Crippen molar-refractivity contribution < 1.29 is 9.90 Å². The Morgan fingerprint density at radius 1 is 1.42 bits per heavy atom. The number of aromatic carboxylic acids is 1. The number of hydrogen-bond donors (Lipinski definition) is 2. The van der Waals surface area contributed by atoms with E-state index in [-0.39, 0.29) is 0 Å². The molecule has 1 heterocycles. The van der Waals surface area contributed by atoms with Crippen LogP contribution in [-0.4, -0.2) is 22.2 Å². The smallest absolute Gasteiger partial charge is 0.335 e. The van der Waals surface area contributed by atoms with E-state index in [4.69, 9.17) is 10.8 Å². The van der Waals surface area contributed by atoms with Crippen LogP contribution < -0.4 is 5.73 Å². The molecule has 0 amide bonds. The lowest BCUT2D eigenvalue weighted by molar-refractivity contribution is 0.0697. The molecule has 0 saturated carbocycles. The average molecular weight is 260 g/mol. The Labute approximate surface area is 112 Å². The lowest BCUT2D eigenvalue weighted by Crippen LogP contribution is -2.07. The van der Waals surface area contributed by atoms with E-state index in [0.717, 1.165) is 30.3 Å². The second-order valence-corrected chi connectivity index (χ2v) is 4.75. The van der Waals surface area contributed by atoms with Gasteiger partial charge in [0.05, 0.1) is 5.56 Å². The van der Waals surface area contributed by atoms with E-state index in [1.807, 2.05) is 6.07 Å². The third-order valence-electron chi connectivity index (χ3n) is 3.64. The Balaban J connectivity index is 2.64. The quantitative estimate of drug-likeness (QED) is 0.868. The fraction of sp³-hybridized carbons (Fsp3) is 0.400. The van der Waals surface area contributed by atoms with Crippen molar-refractivity contribution in [3.05, 3.63) is 35.0 Å². The molecule has 19 heavy (non-hydrogen) atoms. The van der Waals surface area contributed by atoms with Gasteiger partial charge in [0, 0.05) is 23.1 Å². The summed E-state index contributed by atoms with van der Waals surface area (Å²) in [5.74, 6) is -0.878. The van der Waals surface area contributed by atoms with E-state index in [0.29, 0.717) is 12.1 Å². The molecule has 3 N–H and O–H groups in total. The van der Waals surface area contributed by atoms with Gasteiger partial charge in [0.15, 0.2) is 0 Å². The van der Waals surface area contributed by atoms with Gasteiger partial charge < -0.3 is 15.4 Å². The first-order valence-electron chi connectivity index (χ1n) is 6.65. The zero-order valence-electron chi connectivity index (χ0n) is 11.4.